The first-order chi connectivity index (χ1) is 9.20. The van der Waals surface area contributed by atoms with Crippen molar-refractivity contribution in [3.05, 3.63) is 60.3 Å². The number of aryl methyl sites for hydroxylation is 1. The van der Waals surface area contributed by atoms with E-state index < -0.39 is 0 Å². The molecule has 0 unspecified atom stereocenters. The second-order valence-corrected chi connectivity index (χ2v) is 4.47. The summed E-state index contributed by atoms with van der Waals surface area (Å²) >= 11 is 0. The maximum Gasteiger partial charge on any atom is 0.219 e. The summed E-state index contributed by atoms with van der Waals surface area (Å²) in [6.45, 7) is 2.00. The number of phenols is 1. The van der Waals surface area contributed by atoms with Crippen LogP contribution in [0.25, 0.3) is 10.8 Å². The maximum absolute atomic E-state index is 9.42. The largest absolute Gasteiger partial charge is 0.508 e. The topological polar surface area (TPSA) is 42.4 Å². The number of pyridine rings is 1. The number of aromatic nitrogens is 1. The van der Waals surface area contributed by atoms with Gasteiger partial charge in [-0.25, -0.2) is 4.98 Å². The lowest BCUT2D eigenvalue weighted by molar-refractivity contribution is 0.463. The quantitative estimate of drug-likeness (QED) is 0.747. The highest BCUT2D eigenvalue weighted by Crippen LogP contribution is 2.26. The van der Waals surface area contributed by atoms with Gasteiger partial charge in [0.2, 0.25) is 5.88 Å². The van der Waals surface area contributed by atoms with Crippen LogP contribution in [0.1, 0.15) is 5.56 Å². The number of phenolic OH excluding ortho intramolecular Hbond substituents is 1. The molecule has 0 radical (unpaired) electrons. The Hall–Kier alpha value is -2.55. The lowest BCUT2D eigenvalue weighted by Gasteiger charge is -2.06. The van der Waals surface area contributed by atoms with E-state index in [2.05, 4.69) is 4.98 Å². The molecule has 0 saturated carbocycles. The smallest absolute Gasteiger partial charge is 0.219 e. The number of rotatable bonds is 2. The predicted molar refractivity (Wildman–Crippen MR) is 74.7 cm³/mol. The first kappa shape index (κ1) is 11.5. The van der Waals surface area contributed by atoms with Crippen molar-refractivity contribution in [1.29, 1.82) is 0 Å². The Morgan fingerprint density at radius 2 is 1.74 bits per heavy atom. The summed E-state index contributed by atoms with van der Waals surface area (Å²) in [6.07, 6.45) is 1.73. The highest BCUT2D eigenvalue weighted by atomic mass is 16.5. The van der Waals surface area contributed by atoms with Gasteiger partial charge in [0.15, 0.2) is 0 Å². The standard InChI is InChI=1S/C16H13NO2/c1-11-6-7-17-16(8-11)19-15-5-3-12-9-14(18)4-2-13(12)10-15/h2-10,18H,1H3. The third-order valence-electron chi connectivity index (χ3n) is 2.91. The molecular weight excluding hydrogens is 238 g/mol. The van der Waals surface area contributed by atoms with Gasteiger partial charge >= 0.3 is 0 Å². The average Bonchev–Trinajstić information content (AvgIpc) is 2.39. The zero-order valence-corrected chi connectivity index (χ0v) is 10.5. The minimum absolute atomic E-state index is 0.265. The number of hydrogen-bond donors (Lipinski definition) is 1. The fraction of sp³-hybridized carbons (Fsp3) is 0.0625. The van der Waals surface area contributed by atoms with Crippen molar-refractivity contribution >= 4 is 10.8 Å². The van der Waals surface area contributed by atoms with Crippen LogP contribution in [0.4, 0.5) is 0 Å². The van der Waals surface area contributed by atoms with Crippen molar-refractivity contribution in [2.24, 2.45) is 0 Å². The van der Waals surface area contributed by atoms with Crippen molar-refractivity contribution in [2.75, 3.05) is 0 Å². The molecule has 1 N–H and O–H groups in total. The number of fused-ring (bicyclic) bond motifs is 1. The molecule has 3 aromatic rings. The second-order valence-electron chi connectivity index (χ2n) is 4.47. The van der Waals surface area contributed by atoms with Crippen molar-refractivity contribution in [2.45, 2.75) is 6.92 Å². The van der Waals surface area contributed by atoms with Gasteiger partial charge in [-0.05, 0) is 53.6 Å². The average molecular weight is 251 g/mol. The van der Waals surface area contributed by atoms with E-state index in [1.807, 2.05) is 43.3 Å². The van der Waals surface area contributed by atoms with Gasteiger partial charge in [-0.1, -0.05) is 12.1 Å². The van der Waals surface area contributed by atoms with Crippen molar-refractivity contribution in [3.63, 3.8) is 0 Å². The zero-order chi connectivity index (χ0) is 13.2. The van der Waals surface area contributed by atoms with Crippen LogP contribution in [0.3, 0.4) is 0 Å². The molecule has 0 fully saturated rings. The summed E-state index contributed by atoms with van der Waals surface area (Å²) in [6, 6.07) is 14.8. The Morgan fingerprint density at radius 1 is 0.947 bits per heavy atom. The number of aromatic hydroxyl groups is 1. The molecule has 2 aromatic carbocycles. The molecule has 1 aromatic heterocycles. The van der Waals surface area contributed by atoms with Gasteiger partial charge in [0.05, 0.1) is 0 Å². The molecule has 3 heteroatoms. The van der Waals surface area contributed by atoms with E-state index in [1.165, 1.54) is 0 Å². The molecule has 0 bridgehead atoms. The third-order valence-corrected chi connectivity index (χ3v) is 2.91. The molecule has 94 valence electrons. The van der Waals surface area contributed by atoms with E-state index in [4.69, 9.17) is 4.74 Å². The second kappa shape index (κ2) is 4.61. The molecule has 0 aliphatic rings. The van der Waals surface area contributed by atoms with Crippen LogP contribution < -0.4 is 4.74 Å². The van der Waals surface area contributed by atoms with Crippen LogP contribution >= 0.6 is 0 Å². The van der Waals surface area contributed by atoms with Crippen molar-refractivity contribution < 1.29 is 9.84 Å². The minimum atomic E-state index is 0.265. The number of hydrogen-bond acceptors (Lipinski definition) is 3. The molecule has 19 heavy (non-hydrogen) atoms. The zero-order valence-electron chi connectivity index (χ0n) is 10.5. The molecule has 0 aliphatic carbocycles. The molecule has 0 spiro atoms. The lowest BCUT2D eigenvalue weighted by atomic mass is 10.1. The fourth-order valence-corrected chi connectivity index (χ4v) is 1.96. The highest BCUT2D eigenvalue weighted by Gasteiger charge is 2.01. The summed E-state index contributed by atoms with van der Waals surface area (Å²) in [5.74, 6) is 1.58. The van der Waals surface area contributed by atoms with Gasteiger partial charge in [-0.2, -0.15) is 0 Å². The van der Waals surface area contributed by atoms with Gasteiger partial charge in [-0.15, -0.1) is 0 Å². The molecule has 3 rings (SSSR count). The first-order valence-electron chi connectivity index (χ1n) is 6.04. The Labute approximate surface area is 111 Å². The van der Waals surface area contributed by atoms with Crippen LogP contribution in [0.2, 0.25) is 0 Å². The molecular formula is C16H13NO2. The SMILES string of the molecule is Cc1ccnc(Oc2ccc3cc(O)ccc3c2)c1. The highest BCUT2D eigenvalue weighted by molar-refractivity contribution is 5.85. The molecule has 0 atom stereocenters. The summed E-state index contributed by atoms with van der Waals surface area (Å²) in [4.78, 5) is 4.17. The van der Waals surface area contributed by atoms with E-state index in [9.17, 15) is 5.11 Å². The van der Waals surface area contributed by atoms with Gasteiger partial charge in [0, 0.05) is 12.3 Å². The number of ether oxygens (including phenoxy) is 1. The third kappa shape index (κ3) is 2.50. The summed E-state index contributed by atoms with van der Waals surface area (Å²) in [5.41, 5.74) is 1.11. The summed E-state index contributed by atoms with van der Waals surface area (Å²) < 4.78 is 5.72. The Morgan fingerprint density at radius 3 is 2.58 bits per heavy atom. The van der Waals surface area contributed by atoms with E-state index in [-0.39, 0.29) is 5.75 Å². The van der Waals surface area contributed by atoms with Crippen molar-refractivity contribution in [1.82, 2.24) is 4.98 Å². The first-order valence-corrected chi connectivity index (χ1v) is 6.04. The Bertz CT molecular complexity index is 738. The predicted octanol–water partition coefficient (Wildman–Crippen LogP) is 4.04. The molecule has 3 nitrogen and oxygen atoms in total. The van der Waals surface area contributed by atoms with Crippen LogP contribution in [-0.2, 0) is 0 Å². The summed E-state index contributed by atoms with van der Waals surface area (Å²) in [5, 5.41) is 11.4. The Kier molecular flexibility index (Phi) is 2.80. The number of benzene rings is 2. The molecule has 0 amide bonds. The maximum atomic E-state index is 9.42. The van der Waals surface area contributed by atoms with Crippen LogP contribution in [0.5, 0.6) is 17.4 Å². The molecule has 0 aliphatic heterocycles. The van der Waals surface area contributed by atoms with Gasteiger partial charge < -0.3 is 9.84 Å². The van der Waals surface area contributed by atoms with E-state index in [0.717, 1.165) is 22.1 Å². The fourth-order valence-electron chi connectivity index (χ4n) is 1.96. The monoisotopic (exact) mass is 251 g/mol. The van der Waals surface area contributed by atoms with Crippen LogP contribution in [-0.4, -0.2) is 10.1 Å². The summed E-state index contributed by atoms with van der Waals surface area (Å²) in [7, 11) is 0. The van der Waals surface area contributed by atoms with Crippen LogP contribution in [0.15, 0.2) is 54.7 Å². The normalized spacial score (nSPS) is 10.6. The van der Waals surface area contributed by atoms with Crippen molar-refractivity contribution in [3.8, 4) is 17.4 Å². The Balaban J connectivity index is 1.95. The minimum Gasteiger partial charge on any atom is -0.508 e. The van der Waals surface area contributed by atoms with E-state index in [0.29, 0.717) is 5.88 Å². The van der Waals surface area contributed by atoms with E-state index >= 15 is 0 Å². The molecule has 1 heterocycles. The van der Waals surface area contributed by atoms with Crippen LogP contribution in [0, 0.1) is 6.92 Å². The van der Waals surface area contributed by atoms with Gasteiger partial charge in [0.1, 0.15) is 11.5 Å². The molecule has 0 saturated heterocycles. The van der Waals surface area contributed by atoms with Gasteiger partial charge in [0.25, 0.3) is 0 Å². The van der Waals surface area contributed by atoms with E-state index in [1.54, 1.807) is 18.3 Å². The lowest BCUT2D eigenvalue weighted by Crippen LogP contribution is -1.88. The number of nitrogens with zero attached hydrogens (tertiary/aromatic N) is 1. The van der Waals surface area contributed by atoms with Gasteiger partial charge in [-0.3, -0.25) is 0 Å².